The Morgan fingerprint density at radius 1 is 1.00 bits per heavy atom. The molecule has 0 bridgehead atoms. The Kier molecular flexibility index (Phi) is 10.9. The van der Waals surface area contributed by atoms with Gasteiger partial charge in [-0.05, 0) is 49.5 Å². The maximum Gasteiger partial charge on any atom is 0.134 e. The molecule has 6 heteroatoms. The number of likely N-dealkylation sites (N-methyl/N-ethyl adjacent to an activating group) is 1. The quantitative estimate of drug-likeness (QED) is 0.707. The summed E-state index contributed by atoms with van der Waals surface area (Å²) < 4.78 is 18.7. The van der Waals surface area contributed by atoms with Crippen LogP contribution >= 0.6 is 24.8 Å². The van der Waals surface area contributed by atoms with E-state index in [0.717, 1.165) is 43.3 Å². The van der Waals surface area contributed by atoms with Crippen molar-refractivity contribution in [2.75, 3.05) is 26.2 Å². The summed E-state index contributed by atoms with van der Waals surface area (Å²) in [4.78, 5) is 2.37. The first-order chi connectivity index (χ1) is 10.2. The van der Waals surface area contributed by atoms with Gasteiger partial charge in [0.25, 0.3) is 0 Å². The second kappa shape index (κ2) is 11.5. The summed E-state index contributed by atoms with van der Waals surface area (Å²) >= 11 is 0. The molecule has 0 saturated heterocycles. The molecule has 1 N–H and O–H groups in total. The number of furan rings is 1. The minimum Gasteiger partial charge on any atom is -0.460 e. The van der Waals surface area contributed by atoms with Crippen molar-refractivity contribution in [1.82, 2.24) is 10.2 Å². The van der Waals surface area contributed by atoms with Gasteiger partial charge in [0, 0.05) is 18.7 Å². The number of halogens is 3. The van der Waals surface area contributed by atoms with Crippen molar-refractivity contribution in [1.29, 1.82) is 0 Å². The van der Waals surface area contributed by atoms with Gasteiger partial charge in [-0.15, -0.1) is 24.8 Å². The second-order valence-electron chi connectivity index (χ2n) is 4.98. The van der Waals surface area contributed by atoms with Gasteiger partial charge in [0.05, 0.1) is 6.54 Å². The van der Waals surface area contributed by atoms with Crippen LogP contribution < -0.4 is 5.32 Å². The summed E-state index contributed by atoms with van der Waals surface area (Å²) in [7, 11) is 0. The smallest absolute Gasteiger partial charge is 0.134 e. The average molecular weight is 363 g/mol. The van der Waals surface area contributed by atoms with Gasteiger partial charge >= 0.3 is 0 Å². The van der Waals surface area contributed by atoms with Crippen LogP contribution in [0.2, 0.25) is 0 Å². The first kappa shape index (κ1) is 21.9. The summed E-state index contributed by atoms with van der Waals surface area (Å²) in [5.41, 5.74) is 0.894. The standard InChI is InChI=1S/C17H23FN2O.2ClH/c1-3-20(4-2)12-11-19-13-16-9-10-17(21-16)14-5-7-15(18)8-6-14;;/h5-10,19H,3-4,11-13H2,1-2H3;2*1H. The highest BCUT2D eigenvalue weighted by Gasteiger charge is 2.05. The lowest BCUT2D eigenvalue weighted by Crippen LogP contribution is -2.31. The van der Waals surface area contributed by atoms with Crippen LogP contribution in [0.1, 0.15) is 19.6 Å². The average Bonchev–Trinajstić information content (AvgIpc) is 2.97. The number of rotatable bonds is 8. The predicted octanol–water partition coefficient (Wildman–Crippen LogP) is 4.36. The normalized spacial score (nSPS) is 10.3. The van der Waals surface area contributed by atoms with Crippen molar-refractivity contribution in [3.63, 3.8) is 0 Å². The minimum absolute atomic E-state index is 0. The SMILES string of the molecule is CCN(CC)CCNCc1ccc(-c2ccc(F)cc2)o1.Cl.Cl. The van der Waals surface area contributed by atoms with Crippen LogP contribution in [0.5, 0.6) is 0 Å². The van der Waals surface area contributed by atoms with Crippen LogP contribution in [0.25, 0.3) is 11.3 Å². The second-order valence-corrected chi connectivity index (χ2v) is 4.98. The van der Waals surface area contributed by atoms with Gasteiger partial charge in [-0.3, -0.25) is 0 Å². The summed E-state index contributed by atoms with van der Waals surface area (Å²) in [5, 5.41) is 3.38. The number of nitrogens with zero attached hydrogens (tertiary/aromatic N) is 1. The predicted molar refractivity (Wildman–Crippen MR) is 98.1 cm³/mol. The molecule has 1 heterocycles. The maximum absolute atomic E-state index is 12.9. The first-order valence-corrected chi connectivity index (χ1v) is 7.50. The Bertz CT molecular complexity index is 542. The van der Waals surface area contributed by atoms with Gasteiger partial charge < -0.3 is 14.6 Å². The van der Waals surface area contributed by atoms with Crippen LogP contribution in [0.4, 0.5) is 4.39 Å². The van der Waals surface area contributed by atoms with Crippen molar-refractivity contribution in [3.8, 4) is 11.3 Å². The van der Waals surface area contributed by atoms with E-state index in [1.807, 2.05) is 12.1 Å². The van der Waals surface area contributed by atoms with E-state index in [2.05, 4.69) is 24.1 Å². The van der Waals surface area contributed by atoms with Crippen molar-refractivity contribution in [2.45, 2.75) is 20.4 Å². The fourth-order valence-corrected chi connectivity index (χ4v) is 2.23. The van der Waals surface area contributed by atoms with Crippen molar-refractivity contribution < 1.29 is 8.81 Å². The van der Waals surface area contributed by atoms with E-state index in [4.69, 9.17) is 4.42 Å². The molecule has 1 aromatic carbocycles. The number of benzene rings is 1. The highest BCUT2D eigenvalue weighted by molar-refractivity contribution is 5.85. The Morgan fingerprint density at radius 2 is 1.65 bits per heavy atom. The van der Waals surface area contributed by atoms with E-state index in [1.54, 1.807) is 12.1 Å². The minimum atomic E-state index is -0.233. The molecule has 2 rings (SSSR count). The third-order valence-corrected chi connectivity index (χ3v) is 3.59. The Balaban J connectivity index is 0.00000242. The first-order valence-electron chi connectivity index (χ1n) is 7.50. The fraction of sp³-hybridized carbons (Fsp3) is 0.412. The van der Waals surface area contributed by atoms with Crippen LogP contribution in [0.3, 0.4) is 0 Å². The van der Waals surface area contributed by atoms with Gasteiger partial charge in [0.1, 0.15) is 17.3 Å². The lowest BCUT2D eigenvalue weighted by atomic mass is 10.2. The summed E-state index contributed by atoms with van der Waals surface area (Å²) in [6.07, 6.45) is 0. The molecule has 0 aliphatic rings. The summed E-state index contributed by atoms with van der Waals surface area (Å²) in [5.74, 6) is 1.44. The van der Waals surface area contributed by atoms with Crippen LogP contribution in [0.15, 0.2) is 40.8 Å². The van der Waals surface area contributed by atoms with Gasteiger partial charge in [-0.1, -0.05) is 13.8 Å². The van der Waals surface area contributed by atoms with E-state index in [-0.39, 0.29) is 30.6 Å². The zero-order valence-corrected chi connectivity index (χ0v) is 15.2. The van der Waals surface area contributed by atoms with Crippen LogP contribution in [0, 0.1) is 5.82 Å². The molecule has 23 heavy (non-hydrogen) atoms. The van der Waals surface area contributed by atoms with Gasteiger partial charge in [-0.2, -0.15) is 0 Å². The molecular formula is C17H25Cl2FN2O. The van der Waals surface area contributed by atoms with Crippen molar-refractivity contribution in [2.24, 2.45) is 0 Å². The van der Waals surface area contributed by atoms with Crippen molar-refractivity contribution in [3.05, 3.63) is 48.0 Å². The maximum atomic E-state index is 12.9. The Hall–Kier alpha value is -1.07. The summed E-state index contributed by atoms with van der Waals surface area (Å²) in [6.45, 7) is 9.19. The van der Waals surface area contributed by atoms with E-state index >= 15 is 0 Å². The van der Waals surface area contributed by atoms with E-state index in [9.17, 15) is 4.39 Å². The molecule has 130 valence electrons. The molecule has 0 fully saturated rings. The van der Waals surface area contributed by atoms with Gasteiger partial charge in [-0.25, -0.2) is 4.39 Å². The highest BCUT2D eigenvalue weighted by Crippen LogP contribution is 2.22. The van der Waals surface area contributed by atoms with Gasteiger partial charge in [0.2, 0.25) is 0 Å². The lowest BCUT2D eigenvalue weighted by Gasteiger charge is -2.17. The topological polar surface area (TPSA) is 28.4 Å². The lowest BCUT2D eigenvalue weighted by molar-refractivity contribution is 0.300. The third kappa shape index (κ3) is 6.92. The van der Waals surface area contributed by atoms with Gasteiger partial charge in [0.15, 0.2) is 0 Å². The molecule has 0 saturated carbocycles. The molecule has 0 unspecified atom stereocenters. The largest absolute Gasteiger partial charge is 0.460 e. The van der Waals surface area contributed by atoms with Crippen LogP contribution in [-0.4, -0.2) is 31.1 Å². The molecule has 3 nitrogen and oxygen atoms in total. The molecule has 0 spiro atoms. The molecule has 0 atom stereocenters. The van der Waals surface area contributed by atoms with E-state index < -0.39 is 0 Å². The monoisotopic (exact) mass is 362 g/mol. The number of hydrogen-bond donors (Lipinski definition) is 1. The van der Waals surface area contributed by atoms with E-state index in [0.29, 0.717) is 6.54 Å². The molecule has 1 aromatic heterocycles. The Labute approximate surface area is 150 Å². The number of nitrogens with one attached hydrogen (secondary N) is 1. The zero-order chi connectivity index (χ0) is 15.1. The van der Waals surface area contributed by atoms with E-state index in [1.165, 1.54) is 12.1 Å². The highest BCUT2D eigenvalue weighted by atomic mass is 35.5. The molecule has 0 aliphatic heterocycles. The number of hydrogen-bond acceptors (Lipinski definition) is 3. The van der Waals surface area contributed by atoms with Crippen molar-refractivity contribution >= 4 is 24.8 Å². The molecular weight excluding hydrogens is 338 g/mol. The third-order valence-electron chi connectivity index (χ3n) is 3.59. The molecule has 0 radical (unpaired) electrons. The molecule has 0 aliphatic carbocycles. The van der Waals surface area contributed by atoms with Crippen LogP contribution in [-0.2, 0) is 6.54 Å². The molecule has 2 aromatic rings. The zero-order valence-electron chi connectivity index (χ0n) is 13.5. The Morgan fingerprint density at radius 3 is 2.26 bits per heavy atom. The fourth-order valence-electron chi connectivity index (χ4n) is 2.23. The summed E-state index contributed by atoms with van der Waals surface area (Å²) in [6, 6.07) is 10.2. The molecule has 0 amide bonds.